The van der Waals surface area contributed by atoms with Gasteiger partial charge in [-0.05, 0) is 80.8 Å². The third-order valence-electron chi connectivity index (χ3n) is 8.34. The molecule has 1 aliphatic heterocycles. The van der Waals surface area contributed by atoms with Crippen molar-refractivity contribution >= 4 is 5.91 Å². The van der Waals surface area contributed by atoms with Crippen molar-refractivity contribution in [2.45, 2.75) is 70.4 Å². The van der Waals surface area contributed by atoms with Gasteiger partial charge in [-0.1, -0.05) is 25.1 Å². The molecule has 0 spiro atoms. The van der Waals surface area contributed by atoms with E-state index >= 15 is 0 Å². The van der Waals surface area contributed by atoms with Gasteiger partial charge in [0.15, 0.2) is 0 Å². The van der Waals surface area contributed by atoms with Gasteiger partial charge in [0.25, 0.3) is 0 Å². The van der Waals surface area contributed by atoms with Crippen LogP contribution in [-0.4, -0.2) is 34.1 Å². The van der Waals surface area contributed by atoms with Crippen molar-refractivity contribution in [3.05, 3.63) is 35.1 Å². The number of fused-ring (bicyclic) bond motifs is 1. The summed E-state index contributed by atoms with van der Waals surface area (Å²) in [5.41, 5.74) is 0.332. The van der Waals surface area contributed by atoms with Crippen LogP contribution in [0.3, 0.4) is 0 Å². The first-order valence-corrected chi connectivity index (χ1v) is 10.6. The van der Waals surface area contributed by atoms with Crippen molar-refractivity contribution in [2.24, 2.45) is 23.2 Å². The Morgan fingerprint density at radius 3 is 2.89 bits per heavy atom. The Kier molecular flexibility index (Phi) is 3.79. The molecule has 1 heterocycles. The van der Waals surface area contributed by atoms with Crippen molar-refractivity contribution in [2.75, 3.05) is 6.54 Å². The van der Waals surface area contributed by atoms with E-state index in [4.69, 9.17) is 0 Å². The van der Waals surface area contributed by atoms with Gasteiger partial charge >= 0.3 is 0 Å². The van der Waals surface area contributed by atoms with E-state index < -0.39 is 11.0 Å². The molecule has 3 aliphatic carbocycles. The van der Waals surface area contributed by atoms with Gasteiger partial charge in [0.2, 0.25) is 5.91 Å². The second kappa shape index (κ2) is 5.79. The van der Waals surface area contributed by atoms with Gasteiger partial charge in [-0.2, -0.15) is 0 Å². The summed E-state index contributed by atoms with van der Waals surface area (Å²) in [6.45, 7) is 4.57. The van der Waals surface area contributed by atoms with E-state index in [1.807, 2.05) is 19.1 Å². The van der Waals surface area contributed by atoms with Gasteiger partial charge in [-0.3, -0.25) is 4.79 Å². The molecule has 5 rings (SSSR count). The van der Waals surface area contributed by atoms with Crippen molar-refractivity contribution in [3.8, 4) is 0 Å². The highest BCUT2D eigenvalue weighted by Crippen LogP contribution is 2.61. The van der Waals surface area contributed by atoms with Crippen LogP contribution in [0.2, 0.25) is 0 Å². The normalized spacial score (nSPS) is 43.0. The second-order valence-electron chi connectivity index (χ2n) is 10.1. The van der Waals surface area contributed by atoms with Crippen molar-refractivity contribution in [1.29, 1.82) is 0 Å². The molecule has 4 aliphatic rings. The van der Waals surface area contributed by atoms with E-state index in [9.17, 15) is 14.3 Å². The summed E-state index contributed by atoms with van der Waals surface area (Å²) in [5, 5.41) is 10.9. The average molecular weight is 371 g/mol. The molecule has 1 aromatic rings. The van der Waals surface area contributed by atoms with Crippen LogP contribution < -0.4 is 0 Å². The van der Waals surface area contributed by atoms with Gasteiger partial charge in [-0.25, -0.2) is 4.39 Å². The predicted molar refractivity (Wildman–Crippen MR) is 102 cm³/mol. The molecule has 1 aromatic carbocycles. The molecule has 27 heavy (non-hydrogen) atoms. The van der Waals surface area contributed by atoms with E-state index in [2.05, 4.69) is 4.90 Å². The Hall–Kier alpha value is -1.42. The molecule has 3 nitrogen and oxygen atoms in total. The lowest BCUT2D eigenvalue weighted by molar-refractivity contribution is -0.145. The lowest BCUT2D eigenvalue weighted by atomic mass is 9.65. The van der Waals surface area contributed by atoms with Crippen molar-refractivity contribution in [1.82, 2.24) is 4.90 Å². The van der Waals surface area contributed by atoms with Crippen LogP contribution in [0.1, 0.15) is 56.6 Å². The third kappa shape index (κ3) is 2.52. The summed E-state index contributed by atoms with van der Waals surface area (Å²) in [6, 6.07) is 5.76. The Bertz CT molecular complexity index is 795. The molecule has 4 heteroatoms. The maximum absolute atomic E-state index is 14.5. The number of amides is 1. The number of hydrogen-bond donors (Lipinski definition) is 1. The summed E-state index contributed by atoms with van der Waals surface area (Å²) < 4.78 is 14.5. The summed E-state index contributed by atoms with van der Waals surface area (Å²) in [6.07, 6.45) is 6.31. The van der Waals surface area contributed by atoms with Crippen molar-refractivity contribution in [3.63, 3.8) is 0 Å². The highest BCUT2D eigenvalue weighted by molar-refractivity contribution is 5.85. The van der Waals surface area contributed by atoms with Gasteiger partial charge in [0, 0.05) is 12.6 Å². The van der Waals surface area contributed by atoms with Crippen LogP contribution in [-0.2, 0) is 11.2 Å². The number of halogens is 1. The minimum Gasteiger partial charge on any atom is -0.390 e. The van der Waals surface area contributed by atoms with Crippen LogP contribution in [0.4, 0.5) is 4.39 Å². The highest BCUT2D eigenvalue weighted by Gasteiger charge is 2.61. The zero-order valence-electron chi connectivity index (χ0n) is 16.4. The van der Waals surface area contributed by atoms with E-state index in [0.29, 0.717) is 35.3 Å². The molecule has 1 N–H and O–H groups in total. The fourth-order valence-corrected chi connectivity index (χ4v) is 6.99. The number of aryl methyl sites for hydroxylation is 1. The largest absolute Gasteiger partial charge is 0.390 e. The van der Waals surface area contributed by atoms with Crippen LogP contribution in [0.5, 0.6) is 0 Å². The smallest absolute Gasteiger partial charge is 0.229 e. The standard InChI is InChI=1S/C23H30FNO2/c1-14-4-3-5-16(20(14)24)13-22(2)8-9-25(21(22)26)19-6-7-23(27)12-15-10-17(19)18(23)11-15/h3-5,15,17-19,27H,6-13H2,1-2H3/t15?,17-,18?,19+,22?,23+/m1/s1. The molecular formula is C23H30FNO2. The molecule has 146 valence electrons. The molecule has 0 aromatic heterocycles. The minimum absolute atomic E-state index is 0.166. The van der Waals surface area contributed by atoms with Gasteiger partial charge in [0.05, 0.1) is 11.0 Å². The summed E-state index contributed by atoms with van der Waals surface area (Å²) in [7, 11) is 0. The quantitative estimate of drug-likeness (QED) is 0.877. The topological polar surface area (TPSA) is 40.5 Å². The fourth-order valence-electron chi connectivity index (χ4n) is 6.99. The Morgan fingerprint density at radius 2 is 2.11 bits per heavy atom. The molecule has 0 radical (unpaired) electrons. The summed E-state index contributed by atoms with van der Waals surface area (Å²) in [4.78, 5) is 15.5. The average Bonchev–Trinajstić information content (AvgIpc) is 3.26. The lowest BCUT2D eigenvalue weighted by Crippen LogP contribution is -2.55. The molecule has 3 saturated carbocycles. The molecule has 6 atom stereocenters. The molecule has 1 amide bonds. The highest BCUT2D eigenvalue weighted by atomic mass is 19.1. The lowest BCUT2D eigenvalue weighted by Gasteiger charge is -2.49. The van der Waals surface area contributed by atoms with Gasteiger partial charge < -0.3 is 10.0 Å². The number of aliphatic hydroxyl groups is 1. The summed E-state index contributed by atoms with van der Waals surface area (Å²) in [5.74, 6) is 1.53. The number of carbonyl (C=O) groups excluding carboxylic acids is 1. The van der Waals surface area contributed by atoms with Crippen molar-refractivity contribution < 1.29 is 14.3 Å². The maximum atomic E-state index is 14.5. The number of rotatable bonds is 3. The number of nitrogens with zero attached hydrogens (tertiary/aromatic N) is 1. The van der Waals surface area contributed by atoms with Crippen LogP contribution in [0, 0.1) is 35.9 Å². The Morgan fingerprint density at radius 1 is 1.30 bits per heavy atom. The summed E-state index contributed by atoms with van der Waals surface area (Å²) >= 11 is 0. The number of likely N-dealkylation sites (tertiary alicyclic amines) is 1. The van der Waals surface area contributed by atoms with Crippen LogP contribution in [0.15, 0.2) is 18.2 Å². The number of carbonyl (C=O) groups is 1. The monoisotopic (exact) mass is 371 g/mol. The Balaban J connectivity index is 1.36. The van der Waals surface area contributed by atoms with Crippen LogP contribution >= 0.6 is 0 Å². The zero-order valence-corrected chi connectivity index (χ0v) is 16.4. The molecule has 2 bridgehead atoms. The van der Waals surface area contributed by atoms with Gasteiger partial charge in [0.1, 0.15) is 5.82 Å². The first kappa shape index (κ1) is 17.7. The van der Waals surface area contributed by atoms with E-state index in [0.717, 1.165) is 38.6 Å². The first-order valence-electron chi connectivity index (χ1n) is 10.6. The maximum Gasteiger partial charge on any atom is 0.229 e. The molecule has 4 fully saturated rings. The molecular weight excluding hydrogens is 341 g/mol. The zero-order chi connectivity index (χ0) is 19.0. The van der Waals surface area contributed by atoms with Gasteiger partial charge in [-0.15, -0.1) is 0 Å². The third-order valence-corrected chi connectivity index (χ3v) is 8.34. The Labute approximate surface area is 160 Å². The van der Waals surface area contributed by atoms with Crippen LogP contribution in [0.25, 0.3) is 0 Å². The molecule has 1 saturated heterocycles. The minimum atomic E-state index is -0.514. The van der Waals surface area contributed by atoms with E-state index in [-0.39, 0.29) is 17.8 Å². The fraction of sp³-hybridized carbons (Fsp3) is 0.696. The number of benzene rings is 1. The van der Waals surface area contributed by atoms with E-state index in [1.165, 1.54) is 6.42 Å². The SMILES string of the molecule is Cc1cccc(CC2(C)CCN([C@H]3CC[C@]4(O)CC5CC4[C@H]3C5)C2=O)c1F. The predicted octanol–water partition coefficient (Wildman–Crippen LogP) is 3.85. The van der Waals surface area contributed by atoms with E-state index in [1.54, 1.807) is 13.0 Å². The second-order valence-corrected chi connectivity index (χ2v) is 10.1. The molecule has 3 unspecified atom stereocenters. The number of hydrogen-bond acceptors (Lipinski definition) is 2. The first-order chi connectivity index (χ1) is 12.8.